The molecular formula is C23H28N6O3S. The Labute approximate surface area is 197 Å². The van der Waals surface area contributed by atoms with Crippen LogP contribution in [0.15, 0.2) is 53.7 Å². The summed E-state index contributed by atoms with van der Waals surface area (Å²) in [5.41, 5.74) is 8.45. The van der Waals surface area contributed by atoms with E-state index in [2.05, 4.69) is 16.3 Å². The molecule has 0 spiro atoms. The largest absolute Gasteiger partial charge is 0.486 e. The Hall–Kier alpha value is -3.53. The maximum Gasteiger partial charge on any atom is 0.233 e. The Morgan fingerprint density at radius 3 is 2.45 bits per heavy atom. The highest BCUT2D eigenvalue weighted by atomic mass is 32.2. The molecule has 33 heavy (non-hydrogen) atoms. The molecule has 0 aliphatic rings. The molecule has 0 fully saturated rings. The summed E-state index contributed by atoms with van der Waals surface area (Å²) in [6, 6.07) is 15.5. The van der Waals surface area contributed by atoms with Crippen molar-refractivity contribution < 1.29 is 14.3 Å². The van der Waals surface area contributed by atoms with Gasteiger partial charge in [0.1, 0.15) is 12.4 Å². The van der Waals surface area contributed by atoms with Crippen molar-refractivity contribution in [3.05, 3.63) is 71.0 Å². The topological polar surface area (TPSA) is 129 Å². The number of hydrogen-bond acceptors (Lipinski definition) is 7. The minimum atomic E-state index is -0.455. The number of nitrogens with zero attached hydrogens (tertiary/aromatic N) is 4. The van der Waals surface area contributed by atoms with E-state index in [0.717, 1.165) is 22.4 Å². The van der Waals surface area contributed by atoms with E-state index in [0.29, 0.717) is 17.5 Å². The SMILES string of the molecule is Cc1cc(C)cc(OCc2nnc(SCC(=O)N(CCC(N)=O)Cc3ccccc3)n2N)c1. The van der Waals surface area contributed by atoms with E-state index in [1.54, 1.807) is 4.90 Å². The highest BCUT2D eigenvalue weighted by molar-refractivity contribution is 7.99. The quantitative estimate of drug-likeness (QED) is 0.326. The molecule has 1 aromatic heterocycles. The van der Waals surface area contributed by atoms with Gasteiger partial charge in [-0.15, -0.1) is 10.2 Å². The first-order valence-electron chi connectivity index (χ1n) is 10.4. The summed E-state index contributed by atoms with van der Waals surface area (Å²) in [4.78, 5) is 25.7. The van der Waals surface area contributed by atoms with Crippen LogP contribution < -0.4 is 16.3 Å². The lowest BCUT2D eigenvalue weighted by atomic mass is 10.1. The van der Waals surface area contributed by atoms with Gasteiger partial charge in [0.15, 0.2) is 5.82 Å². The Bertz CT molecular complexity index is 1080. The van der Waals surface area contributed by atoms with Gasteiger partial charge in [-0.3, -0.25) is 9.59 Å². The molecule has 0 saturated heterocycles. The van der Waals surface area contributed by atoms with Crippen molar-refractivity contribution in [2.24, 2.45) is 5.73 Å². The molecular weight excluding hydrogens is 440 g/mol. The summed E-state index contributed by atoms with van der Waals surface area (Å²) >= 11 is 1.18. The zero-order chi connectivity index (χ0) is 23.8. The molecule has 0 radical (unpaired) electrons. The van der Waals surface area contributed by atoms with Gasteiger partial charge in [0.25, 0.3) is 0 Å². The van der Waals surface area contributed by atoms with E-state index >= 15 is 0 Å². The van der Waals surface area contributed by atoms with Gasteiger partial charge in [0, 0.05) is 19.5 Å². The summed E-state index contributed by atoms with van der Waals surface area (Å²) in [6.45, 7) is 4.79. The zero-order valence-electron chi connectivity index (χ0n) is 18.7. The van der Waals surface area contributed by atoms with Crippen LogP contribution in [0.3, 0.4) is 0 Å². The van der Waals surface area contributed by atoms with E-state index < -0.39 is 5.91 Å². The van der Waals surface area contributed by atoms with E-state index in [9.17, 15) is 9.59 Å². The lowest BCUT2D eigenvalue weighted by Crippen LogP contribution is -2.35. The average molecular weight is 469 g/mol. The third-order valence-corrected chi connectivity index (χ3v) is 5.75. The highest BCUT2D eigenvalue weighted by Crippen LogP contribution is 2.19. The third kappa shape index (κ3) is 7.25. The summed E-state index contributed by atoms with van der Waals surface area (Å²) in [7, 11) is 0. The lowest BCUT2D eigenvalue weighted by molar-refractivity contribution is -0.129. The number of thioether (sulfide) groups is 1. The molecule has 0 atom stereocenters. The van der Waals surface area contributed by atoms with Crippen LogP contribution in [0.2, 0.25) is 0 Å². The molecule has 3 rings (SSSR count). The van der Waals surface area contributed by atoms with Crippen LogP contribution >= 0.6 is 11.8 Å². The second kappa shape index (κ2) is 11.4. The second-order valence-electron chi connectivity index (χ2n) is 7.69. The molecule has 3 aromatic rings. The van der Waals surface area contributed by atoms with E-state index in [4.69, 9.17) is 16.3 Å². The smallest absolute Gasteiger partial charge is 0.233 e. The Morgan fingerprint density at radius 1 is 1.09 bits per heavy atom. The number of carbonyl (C=O) groups excluding carboxylic acids is 2. The number of rotatable bonds is 11. The molecule has 0 aliphatic carbocycles. The highest BCUT2D eigenvalue weighted by Gasteiger charge is 2.18. The fourth-order valence-corrected chi connectivity index (χ4v) is 4.00. The van der Waals surface area contributed by atoms with Crippen molar-refractivity contribution in [3.8, 4) is 5.75 Å². The van der Waals surface area contributed by atoms with Gasteiger partial charge in [-0.2, -0.15) is 0 Å². The minimum absolute atomic E-state index is 0.0935. The zero-order valence-corrected chi connectivity index (χ0v) is 19.5. The second-order valence-corrected chi connectivity index (χ2v) is 8.63. The van der Waals surface area contributed by atoms with Crippen LogP contribution in [0.4, 0.5) is 0 Å². The first-order chi connectivity index (χ1) is 15.8. The number of primary amides is 1. The number of benzene rings is 2. The van der Waals surface area contributed by atoms with Crippen LogP contribution in [0.5, 0.6) is 5.75 Å². The summed E-state index contributed by atoms with van der Waals surface area (Å²) in [5, 5.41) is 8.56. The molecule has 10 heteroatoms. The Balaban J connectivity index is 1.59. The molecule has 9 nitrogen and oxygen atoms in total. The fraction of sp³-hybridized carbons (Fsp3) is 0.304. The van der Waals surface area contributed by atoms with E-state index in [1.807, 2.05) is 56.3 Å². The fourth-order valence-electron chi connectivity index (χ4n) is 3.23. The number of amides is 2. The third-order valence-electron chi connectivity index (χ3n) is 4.82. The molecule has 174 valence electrons. The number of aryl methyl sites for hydroxylation is 2. The molecule has 4 N–H and O–H groups in total. The Kier molecular flexibility index (Phi) is 8.31. The number of ether oxygens (including phenoxy) is 1. The monoisotopic (exact) mass is 468 g/mol. The molecule has 0 saturated carbocycles. The van der Waals surface area contributed by atoms with Gasteiger partial charge < -0.3 is 21.2 Å². The number of carbonyl (C=O) groups is 2. The minimum Gasteiger partial charge on any atom is -0.486 e. The normalized spacial score (nSPS) is 10.7. The van der Waals surface area contributed by atoms with Gasteiger partial charge in [-0.25, -0.2) is 4.68 Å². The van der Waals surface area contributed by atoms with E-state index in [-0.39, 0.29) is 31.2 Å². The van der Waals surface area contributed by atoms with Crippen LogP contribution in [0.25, 0.3) is 0 Å². The van der Waals surface area contributed by atoms with Crippen molar-refractivity contribution in [1.29, 1.82) is 0 Å². The van der Waals surface area contributed by atoms with Crippen molar-refractivity contribution in [1.82, 2.24) is 19.8 Å². The van der Waals surface area contributed by atoms with Crippen molar-refractivity contribution in [2.45, 2.75) is 38.6 Å². The van der Waals surface area contributed by atoms with Crippen LogP contribution in [-0.2, 0) is 22.7 Å². The molecule has 2 aromatic carbocycles. The number of nitrogens with two attached hydrogens (primary N) is 2. The Morgan fingerprint density at radius 2 is 1.79 bits per heavy atom. The number of hydrogen-bond donors (Lipinski definition) is 2. The van der Waals surface area contributed by atoms with Gasteiger partial charge in [-0.1, -0.05) is 48.2 Å². The van der Waals surface area contributed by atoms with Gasteiger partial charge in [-0.05, 0) is 42.7 Å². The van der Waals surface area contributed by atoms with Crippen LogP contribution in [-0.4, -0.2) is 43.9 Å². The van der Waals surface area contributed by atoms with Gasteiger partial charge >= 0.3 is 0 Å². The maximum atomic E-state index is 12.9. The summed E-state index contributed by atoms with van der Waals surface area (Å²) in [6.07, 6.45) is 0.0935. The number of aromatic nitrogens is 3. The maximum absolute atomic E-state index is 12.9. The predicted octanol–water partition coefficient (Wildman–Crippen LogP) is 2.18. The van der Waals surface area contributed by atoms with Crippen molar-refractivity contribution in [2.75, 3.05) is 18.1 Å². The summed E-state index contributed by atoms with van der Waals surface area (Å²) < 4.78 is 7.13. The molecule has 2 amide bonds. The standard InChI is InChI=1S/C23H28N6O3S/c1-16-10-17(2)12-19(11-16)32-14-21-26-27-23(29(21)25)33-15-22(31)28(9-8-20(24)30)13-18-6-4-3-5-7-18/h3-7,10-12H,8-9,13-15,25H2,1-2H3,(H2,24,30). The predicted molar refractivity (Wildman–Crippen MR) is 127 cm³/mol. The van der Waals surface area contributed by atoms with Crippen molar-refractivity contribution >= 4 is 23.6 Å². The van der Waals surface area contributed by atoms with Gasteiger partial charge in [0.2, 0.25) is 17.0 Å². The van der Waals surface area contributed by atoms with E-state index in [1.165, 1.54) is 16.4 Å². The average Bonchev–Trinajstić information content (AvgIpc) is 3.12. The van der Waals surface area contributed by atoms with Crippen LogP contribution in [0, 0.1) is 13.8 Å². The lowest BCUT2D eigenvalue weighted by Gasteiger charge is -2.22. The molecule has 0 unspecified atom stereocenters. The summed E-state index contributed by atoms with van der Waals surface area (Å²) in [5.74, 6) is 6.78. The number of nitrogen functional groups attached to an aromatic ring is 1. The van der Waals surface area contributed by atoms with Gasteiger partial charge in [0.05, 0.1) is 5.75 Å². The molecule has 1 heterocycles. The molecule has 0 aliphatic heterocycles. The first kappa shape index (κ1) is 24.1. The van der Waals surface area contributed by atoms with Crippen molar-refractivity contribution in [3.63, 3.8) is 0 Å². The van der Waals surface area contributed by atoms with Crippen LogP contribution in [0.1, 0.15) is 28.9 Å². The molecule has 0 bridgehead atoms. The first-order valence-corrected chi connectivity index (χ1v) is 11.4.